The maximum absolute atomic E-state index is 11.5. The maximum Gasteiger partial charge on any atom is 0.339 e. The Hall–Kier alpha value is -0.870. The molecule has 0 saturated carbocycles. The van der Waals surface area contributed by atoms with E-state index < -0.39 is 5.97 Å². The molecule has 0 bridgehead atoms. The zero-order valence-electron chi connectivity index (χ0n) is 8.90. The van der Waals surface area contributed by atoms with Crippen LogP contribution in [0, 0.1) is 0 Å². The van der Waals surface area contributed by atoms with Crippen LogP contribution in [0.3, 0.4) is 0 Å². The summed E-state index contributed by atoms with van der Waals surface area (Å²) in [7, 11) is 1.36. The van der Waals surface area contributed by atoms with E-state index in [4.69, 9.17) is 11.6 Å². The van der Waals surface area contributed by atoms with E-state index in [-0.39, 0.29) is 0 Å². The van der Waals surface area contributed by atoms with E-state index >= 15 is 0 Å². The largest absolute Gasteiger partial charge is 0.465 e. The van der Waals surface area contributed by atoms with Gasteiger partial charge in [0.15, 0.2) is 0 Å². The van der Waals surface area contributed by atoms with E-state index in [1.807, 2.05) is 12.1 Å². The molecule has 0 atom stereocenters. The fourth-order valence-electron chi connectivity index (χ4n) is 1.62. The molecular weight excluding hydrogens is 246 g/mol. The van der Waals surface area contributed by atoms with Gasteiger partial charge in [0.25, 0.3) is 0 Å². The number of methoxy groups -OCH3 is 1. The first-order valence-corrected chi connectivity index (χ1v) is 6.33. The van der Waals surface area contributed by atoms with Crippen molar-refractivity contribution < 1.29 is 9.53 Å². The van der Waals surface area contributed by atoms with Crippen LogP contribution in [-0.2, 0) is 4.74 Å². The Labute approximate surface area is 104 Å². The Kier molecular flexibility index (Phi) is 3.61. The zero-order valence-corrected chi connectivity index (χ0v) is 10.5. The summed E-state index contributed by atoms with van der Waals surface area (Å²) in [5.74, 6) is 0.703. The highest BCUT2D eigenvalue weighted by molar-refractivity contribution is 8.00. The van der Waals surface area contributed by atoms with E-state index in [0.29, 0.717) is 10.6 Å². The third kappa shape index (κ3) is 2.13. The number of nitrogens with zero attached hydrogens (tertiary/aromatic N) is 1. The molecule has 1 aromatic carbocycles. The minimum Gasteiger partial charge on any atom is -0.465 e. The summed E-state index contributed by atoms with van der Waals surface area (Å²) >= 11 is 7.94. The van der Waals surface area contributed by atoms with Gasteiger partial charge in [0, 0.05) is 12.3 Å². The van der Waals surface area contributed by atoms with Crippen molar-refractivity contribution in [2.24, 2.45) is 0 Å². The van der Waals surface area contributed by atoms with Crippen molar-refractivity contribution in [3.05, 3.63) is 28.8 Å². The number of hydrogen-bond donors (Lipinski definition) is 0. The van der Waals surface area contributed by atoms with Crippen molar-refractivity contribution >= 4 is 35.2 Å². The predicted molar refractivity (Wildman–Crippen MR) is 67.2 cm³/mol. The van der Waals surface area contributed by atoms with Gasteiger partial charge in [-0.05, 0) is 30.5 Å². The molecule has 1 aliphatic heterocycles. The molecule has 0 unspecified atom stereocenters. The van der Waals surface area contributed by atoms with Gasteiger partial charge >= 0.3 is 5.97 Å². The summed E-state index contributed by atoms with van der Waals surface area (Å²) < 4.78 is 6.81. The average Bonchev–Trinajstić information content (AvgIpc) is 2.82. The highest BCUT2D eigenvalue weighted by Crippen LogP contribution is 2.36. The first-order chi connectivity index (χ1) is 7.74. The van der Waals surface area contributed by atoms with E-state index in [2.05, 4.69) is 9.04 Å². The van der Waals surface area contributed by atoms with Gasteiger partial charge in [-0.15, -0.1) is 0 Å². The summed E-state index contributed by atoms with van der Waals surface area (Å²) in [6, 6.07) is 5.43. The quantitative estimate of drug-likeness (QED) is 0.602. The summed E-state index contributed by atoms with van der Waals surface area (Å²) in [4.78, 5) is 11.5. The monoisotopic (exact) mass is 257 g/mol. The van der Waals surface area contributed by atoms with Gasteiger partial charge in [0.05, 0.1) is 23.4 Å². The van der Waals surface area contributed by atoms with Crippen LogP contribution in [0.4, 0.5) is 5.69 Å². The van der Waals surface area contributed by atoms with Crippen LogP contribution in [0.25, 0.3) is 0 Å². The van der Waals surface area contributed by atoms with Gasteiger partial charge in [-0.1, -0.05) is 17.7 Å². The third-order valence-electron chi connectivity index (χ3n) is 2.41. The molecule has 1 saturated heterocycles. The minimum atomic E-state index is -0.393. The van der Waals surface area contributed by atoms with E-state index in [0.717, 1.165) is 24.4 Å². The Morgan fingerprint density at radius 2 is 2.38 bits per heavy atom. The second kappa shape index (κ2) is 4.97. The van der Waals surface area contributed by atoms with Crippen molar-refractivity contribution in [2.45, 2.75) is 6.42 Å². The molecule has 16 heavy (non-hydrogen) atoms. The number of benzene rings is 1. The van der Waals surface area contributed by atoms with Crippen LogP contribution >= 0.6 is 23.5 Å². The van der Waals surface area contributed by atoms with Crippen molar-refractivity contribution in [1.82, 2.24) is 0 Å². The van der Waals surface area contributed by atoms with Gasteiger partial charge in [-0.25, -0.2) is 4.79 Å². The van der Waals surface area contributed by atoms with Gasteiger partial charge in [-0.3, -0.25) is 0 Å². The number of rotatable bonds is 2. The van der Waals surface area contributed by atoms with Crippen LogP contribution < -0.4 is 4.31 Å². The fourth-order valence-corrected chi connectivity index (χ4v) is 3.00. The highest BCUT2D eigenvalue weighted by Gasteiger charge is 2.20. The minimum absolute atomic E-state index is 0.393. The lowest BCUT2D eigenvalue weighted by Crippen LogP contribution is -2.11. The van der Waals surface area contributed by atoms with Crippen LogP contribution in [0.1, 0.15) is 16.8 Å². The lowest BCUT2D eigenvalue weighted by atomic mass is 10.2. The third-order valence-corrected chi connectivity index (χ3v) is 3.96. The fraction of sp³-hybridized carbons (Fsp3) is 0.364. The molecule has 0 aromatic heterocycles. The Morgan fingerprint density at radius 3 is 3.00 bits per heavy atom. The smallest absolute Gasteiger partial charge is 0.339 e. The van der Waals surface area contributed by atoms with E-state index in [1.54, 1.807) is 18.0 Å². The molecule has 3 nitrogen and oxygen atoms in total. The van der Waals surface area contributed by atoms with Gasteiger partial charge in [0.1, 0.15) is 0 Å². The number of hydrogen-bond acceptors (Lipinski definition) is 4. The predicted octanol–water partition coefficient (Wildman–Crippen LogP) is 2.98. The zero-order chi connectivity index (χ0) is 11.5. The van der Waals surface area contributed by atoms with Crippen molar-refractivity contribution in [1.29, 1.82) is 0 Å². The second-order valence-electron chi connectivity index (χ2n) is 3.42. The number of carbonyl (C=O) groups is 1. The lowest BCUT2D eigenvalue weighted by molar-refractivity contribution is 0.0601. The summed E-state index contributed by atoms with van der Waals surface area (Å²) in [6.45, 7) is 0.967. The first-order valence-electron chi connectivity index (χ1n) is 5.01. The summed E-state index contributed by atoms with van der Waals surface area (Å²) in [5, 5.41) is 0.476. The summed E-state index contributed by atoms with van der Waals surface area (Å²) in [5.41, 5.74) is 1.32. The Balaban J connectivity index is 2.35. The molecule has 1 aromatic rings. The topological polar surface area (TPSA) is 29.5 Å². The molecule has 0 N–H and O–H groups in total. The maximum atomic E-state index is 11.5. The van der Waals surface area contributed by atoms with Gasteiger partial charge in [0.2, 0.25) is 0 Å². The van der Waals surface area contributed by atoms with Crippen LogP contribution in [0.2, 0.25) is 5.02 Å². The van der Waals surface area contributed by atoms with Gasteiger partial charge < -0.3 is 9.04 Å². The molecule has 1 heterocycles. The molecule has 86 valence electrons. The standard InChI is InChI=1S/C11H12ClNO2S/c1-15-11(14)8-4-2-5-9(10(8)12)13-6-3-7-16-13/h2,4-5H,3,6-7H2,1H3. The normalized spacial score (nSPS) is 15.2. The molecule has 0 radical (unpaired) electrons. The van der Waals surface area contributed by atoms with Crippen molar-refractivity contribution in [2.75, 3.05) is 23.7 Å². The molecule has 5 heteroatoms. The summed E-state index contributed by atoms with van der Waals surface area (Å²) in [6.07, 6.45) is 1.14. The van der Waals surface area contributed by atoms with Crippen LogP contribution in [0.5, 0.6) is 0 Å². The highest BCUT2D eigenvalue weighted by atomic mass is 35.5. The lowest BCUT2D eigenvalue weighted by Gasteiger charge is -2.18. The second-order valence-corrected chi connectivity index (χ2v) is 4.90. The Morgan fingerprint density at radius 1 is 1.56 bits per heavy atom. The van der Waals surface area contributed by atoms with E-state index in [9.17, 15) is 4.79 Å². The van der Waals surface area contributed by atoms with E-state index in [1.165, 1.54) is 7.11 Å². The number of esters is 1. The Bertz CT molecular complexity index is 405. The van der Waals surface area contributed by atoms with Crippen molar-refractivity contribution in [3.8, 4) is 0 Å². The number of halogens is 1. The molecule has 0 spiro atoms. The first kappa shape index (κ1) is 11.6. The number of ether oxygens (including phenoxy) is 1. The molecular formula is C11H12ClNO2S. The van der Waals surface area contributed by atoms with Gasteiger partial charge in [-0.2, -0.15) is 0 Å². The molecule has 0 amide bonds. The number of anilines is 1. The van der Waals surface area contributed by atoms with Crippen LogP contribution in [0.15, 0.2) is 18.2 Å². The number of carbonyl (C=O) groups excluding carboxylic acids is 1. The molecule has 1 aliphatic rings. The van der Waals surface area contributed by atoms with Crippen LogP contribution in [-0.4, -0.2) is 25.4 Å². The molecule has 1 fully saturated rings. The van der Waals surface area contributed by atoms with Crippen molar-refractivity contribution in [3.63, 3.8) is 0 Å². The molecule has 2 rings (SSSR count). The molecule has 0 aliphatic carbocycles. The SMILES string of the molecule is COC(=O)c1cccc(N2CCCS2)c1Cl. The average molecular weight is 258 g/mol.